The Bertz CT molecular complexity index is 313. The monoisotopic (exact) mass is 314 g/mol. The molecule has 0 spiro atoms. The predicted molar refractivity (Wildman–Crippen MR) is 88.8 cm³/mol. The van der Waals surface area contributed by atoms with Crippen LogP contribution in [0.3, 0.4) is 0 Å². The van der Waals surface area contributed by atoms with Gasteiger partial charge in [-0.05, 0) is 44.5 Å². The molecule has 0 radical (unpaired) electrons. The number of piperidine rings is 1. The molecule has 1 amide bonds. The highest BCUT2D eigenvalue weighted by Gasteiger charge is 2.39. The van der Waals surface area contributed by atoms with Crippen LogP contribution in [0, 0.1) is 0 Å². The van der Waals surface area contributed by atoms with E-state index in [1.165, 1.54) is 32.4 Å². The molecular formula is C16H30N2O2S. The summed E-state index contributed by atoms with van der Waals surface area (Å²) < 4.78 is 5.56. The van der Waals surface area contributed by atoms with Crippen molar-refractivity contribution in [3.8, 4) is 0 Å². The van der Waals surface area contributed by atoms with E-state index in [1.54, 1.807) is 0 Å². The number of nitrogens with one attached hydrogen (secondary N) is 1. The van der Waals surface area contributed by atoms with Crippen LogP contribution in [0.2, 0.25) is 0 Å². The second kappa shape index (κ2) is 9.01. The highest BCUT2D eigenvalue weighted by Crippen LogP contribution is 2.30. The molecule has 122 valence electrons. The molecule has 0 aliphatic carbocycles. The molecule has 21 heavy (non-hydrogen) atoms. The Labute approximate surface area is 133 Å². The minimum Gasteiger partial charge on any atom is -0.381 e. The molecule has 5 heteroatoms. The quantitative estimate of drug-likeness (QED) is 0.732. The normalized spacial score (nSPS) is 22.9. The maximum absolute atomic E-state index is 12.0. The lowest BCUT2D eigenvalue weighted by atomic mass is 9.86. The number of nitrogens with zero attached hydrogens (tertiary/aromatic N) is 1. The van der Waals surface area contributed by atoms with Crippen LogP contribution in [-0.4, -0.2) is 60.7 Å². The number of likely N-dealkylation sites (tertiary alicyclic amines) is 1. The van der Waals surface area contributed by atoms with Gasteiger partial charge >= 0.3 is 0 Å². The van der Waals surface area contributed by atoms with Gasteiger partial charge in [0.1, 0.15) is 0 Å². The molecule has 2 rings (SSSR count). The van der Waals surface area contributed by atoms with E-state index in [2.05, 4.69) is 17.1 Å². The Hall–Kier alpha value is -0.260. The standard InChI is InChI=1S/C16H30N2O2S/c1-2-21-13-6-15(19)17-14-16(7-11-20-12-8-16)18-9-4-3-5-10-18/h2-14H2,1H3,(H,17,19). The summed E-state index contributed by atoms with van der Waals surface area (Å²) in [7, 11) is 0. The van der Waals surface area contributed by atoms with Crippen LogP contribution in [-0.2, 0) is 9.53 Å². The van der Waals surface area contributed by atoms with Crippen LogP contribution in [0.4, 0.5) is 0 Å². The summed E-state index contributed by atoms with van der Waals surface area (Å²) in [6.07, 6.45) is 6.69. The highest BCUT2D eigenvalue weighted by molar-refractivity contribution is 7.99. The first-order valence-electron chi connectivity index (χ1n) is 8.44. The van der Waals surface area contributed by atoms with Gasteiger partial charge in [0.2, 0.25) is 5.91 Å². The van der Waals surface area contributed by atoms with Crippen LogP contribution in [0.25, 0.3) is 0 Å². The van der Waals surface area contributed by atoms with Crippen LogP contribution >= 0.6 is 11.8 Å². The minimum absolute atomic E-state index is 0.145. The average molecular weight is 314 g/mol. The van der Waals surface area contributed by atoms with E-state index in [-0.39, 0.29) is 11.4 Å². The molecule has 0 atom stereocenters. The highest BCUT2D eigenvalue weighted by atomic mass is 32.2. The largest absolute Gasteiger partial charge is 0.381 e. The van der Waals surface area contributed by atoms with Crippen LogP contribution < -0.4 is 5.32 Å². The molecule has 0 aromatic heterocycles. The summed E-state index contributed by atoms with van der Waals surface area (Å²) in [5.74, 6) is 2.23. The van der Waals surface area contributed by atoms with Gasteiger partial charge in [-0.15, -0.1) is 0 Å². The number of ether oxygens (including phenoxy) is 1. The Morgan fingerprint density at radius 1 is 1.24 bits per heavy atom. The number of rotatable bonds is 7. The summed E-state index contributed by atoms with van der Waals surface area (Å²) >= 11 is 1.83. The van der Waals surface area contributed by atoms with Crippen molar-refractivity contribution in [1.29, 1.82) is 0 Å². The summed E-state index contributed by atoms with van der Waals surface area (Å²) in [4.78, 5) is 14.6. The topological polar surface area (TPSA) is 41.6 Å². The molecule has 1 N–H and O–H groups in total. The predicted octanol–water partition coefficient (Wildman–Crippen LogP) is 2.28. The van der Waals surface area contributed by atoms with Crippen molar-refractivity contribution >= 4 is 17.7 Å². The van der Waals surface area contributed by atoms with Crippen molar-refractivity contribution in [3.63, 3.8) is 0 Å². The average Bonchev–Trinajstić information content (AvgIpc) is 2.55. The second-order valence-electron chi connectivity index (χ2n) is 6.11. The zero-order valence-electron chi connectivity index (χ0n) is 13.4. The van der Waals surface area contributed by atoms with E-state index in [1.807, 2.05) is 11.8 Å². The summed E-state index contributed by atoms with van der Waals surface area (Å²) in [5.41, 5.74) is 0.145. The van der Waals surface area contributed by atoms with Gasteiger partial charge < -0.3 is 10.1 Å². The Balaban J connectivity index is 1.85. The van der Waals surface area contributed by atoms with E-state index < -0.39 is 0 Å². The summed E-state index contributed by atoms with van der Waals surface area (Å²) in [5, 5.41) is 3.20. The lowest BCUT2D eigenvalue weighted by Gasteiger charge is -2.48. The molecule has 0 aromatic carbocycles. The van der Waals surface area contributed by atoms with Gasteiger partial charge in [0.05, 0.1) is 0 Å². The van der Waals surface area contributed by atoms with Crippen molar-refractivity contribution < 1.29 is 9.53 Å². The van der Waals surface area contributed by atoms with E-state index >= 15 is 0 Å². The van der Waals surface area contributed by atoms with Gasteiger partial charge in [-0.3, -0.25) is 9.69 Å². The van der Waals surface area contributed by atoms with Crippen LogP contribution in [0.1, 0.15) is 45.4 Å². The number of hydrogen-bond acceptors (Lipinski definition) is 4. The molecule has 2 heterocycles. The van der Waals surface area contributed by atoms with E-state index in [0.29, 0.717) is 6.42 Å². The van der Waals surface area contributed by atoms with Crippen molar-refractivity contribution in [1.82, 2.24) is 10.2 Å². The molecule has 0 aromatic rings. The van der Waals surface area contributed by atoms with Gasteiger partial charge in [-0.1, -0.05) is 13.3 Å². The van der Waals surface area contributed by atoms with E-state index in [4.69, 9.17) is 4.74 Å². The van der Waals surface area contributed by atoms with Crippen molar-refractivity contribution in [2.24, 2.45) is 0 Å². The Morgan fingerprint density at radius 3 is 2.62 bits per heavy atom. The number of carbonyl (C=O) groups is 1. The zero-order valence-corrected chi connectivity index (χ0v) is 14.2. The smallest absolute Gasteiger partial charge is 0.220 e. The van der Waals surface area contributed by atoms with Gasteiger partial charge in [0, 0.05) is 37.5 Å². The summed E-state index contributed by atoms with van der Waals surface area (Å²) in [6, 6.07) is 0. The fourth-order valence-electron chi connectivity index (χ4n) is 3.39. The number of thioether (sulfide) groups is 1. The molecule has 2 saturated heterocycles. The third-order valence-corrected chi connectivity index (χ3v) is 5.64. The molecule has 4 nitrogen and oxygen atoms in total. The maximum atomic E-state index is 12.0. The molecule has 2 fully saturated rings. The summed E-state index contributed by atoms with van der Waals surface area (Å²) in [6.45, 7) is 6.96. The third-order valence-electron chi connectivity index (χ3n) is 4.74. The minimum atomic E-state index is 0.145. The molecule has 2 aliphatic heterocycles. The molecule has 0 bridgehead atoms. The van der Waals surface area contributed by atoms with Crippen molar-refractivity contribution in [2.45, 2.75) is 51.0 Å². The van der Waals surface area contributed by atoms with Gasteiger partial charge in [0.15, 0.2) is 0 Å². The molecule has 0 saturated carbocycles. The van der Waals surface area contributed by atoms with Crippen molar-refractivity contribution in [2.75, 3.05) is 44.4 Å². The zero-order chi connectivity index (χ0) is 15.0. The van der Waals surface area contributed by atoms with E-state index in [9.17, 15) is 4.79 Å². The maximum Gasteiger partial charge on any atom is 0.220 e. The molecule has 2 aliphatic rings. The van der Waals surface area contributed by atoms with Gasteiger partial charge in [0.25, 0.3) is 0 Å². The first-order chi connectivity index (χ1) is 10.3. The van der Waals surface area contributed by atoms with Gasteiger partial charge in [-0.25, -0.2) is 0 Å². The fraction of sp³-hybridized carbons (Fsp3) is 0.938. The number of hydrogen-bond donors (Lipinski definition) is 1. The second-order valence-corrected chi connectivity index (χ2v) is 7.50. The first kappa shape index (κ1) is 17.1. The van der Waals surface area contributed by atoms with Gasteiger partial charge in [-0.2, -0.15) is 11.8 Å². The lowest BCUT2D eigenvalue weighted by molar-refractivity contribution is -0.122. The Morgan fingerprint density at radius 2 is 1.95 bits per heavy atom. The number of carbonyl (C=O) groups excluding carboxylic acids is 1. The third kappa shape index (κ3) is 5.15. The van der Waals surface area contributed by atoms with Crippen LogP contribution in [0.15, 0.2) is 0 Å². The SMILES string of the molecule is CCSCCC(=O)NCC1(N2CCCCC2)CCOCC1. The lowest BCUT2D eigenvalue weighted by Crippen LogP contribution is -2.59. The van der Waals surface area contributed by atoms with Crippen LogP contribution in [0.5, 0.6) is 0 Å². The fourth-order valence-corrected chi connectivity index (χ4v) is 4.00. The van der Waals surface area contributed by atoms with E-state index in [0.717, 1.165) is 44.1 Å². The first-order valence-corrected chi connectivity index (χ1v) is 9.59. The molecular weight excluding hydrogens is 284 g/mol. The molecule has 0 unspecified atom stereocenters. The van der Waals surface area contributed by atoms with Crippen molar-refractivity contribution in [3.05, 3.63) is 0 Å². The Kier molecular flexibility index (Phi) is 7.34. The number of amides is 1.